The predicted molar refractivity (Wildman–Crippen MR) is 53.8 cm³/mol. The van der Waals surface area contributed by atoms with Gasteiger partial charge in [-0.15, -0.1) is 0 Å². The molecule has 0 bridgehead atoms. The lowest BCUT2D eigenvalue weighted by atomic mass is 10.1. The van der Waals surface area contributed by atoms with E-state index in [2.05, 4.69) is 0 Å². The van der Waals surface area contributed by atoms with Crippen LogP contribution in [0.1, 0.15) is 38.5 Å². The maximum Gasteiger partial charge on any atom is 0.231 e. The number of aliphatic hydroxyl groups is 1. The van der Waals surface area contributed by atoms with E-state index in [1.54, 1.807) is 0 Å². The van der Waals surface area contributed by atoms with Gasteiger partial charge in [0.25, 0.3) is 0 Å². The first kappa shape index (κ1) is 9.97. The van der Waals surface area contributed by atoms with Crippen molar-refractivity contribution in [2.75, 3.05) is 19.7 Å². The van der Waals surface area contributed by atoms with Crippen molar-refractivity contribution in [1.29, 1.82) is 0 Å². The molecule has 0 radical (unpaired) electrons. The Morgan fingerprint density at radius 1 is 1.14 bits per heavy atom. The zero-order chi connectivity index (χ0) is 10.0. The van der Waals surface area contributed by atoms with Gasteiger partial charge in [0, 0.05) is 13.1 Å². The second-order valence-corrected chi connectivity index (χ2v) is 4.64. The van der Waals surface area contributed by atoms with E-state index >= 15 is 0 Å². The summed E-state index contributed by atoms with van der Waals surface area (Å²) >= 11 is 0. The van der Waals surface area contributed by atoms with Crippen molar-refractivity contribution < 1.29 is 9.90 Å². The normalized spacial score (nSPS) is 25.6. The minimum atomic E-state index is -0.357. The zero-order valence-electron chi connectivity index (χ0n) is 8.67. The van der Waals surface area contributed by atoms with Gasteiger partial charge in [0.2, 0.25) is 5.91 Å². The third-order valence-corrected chi connectivity index (χ3v) is 3.50. The van der Waals surface area contributed by atoms with Gasteiger partial charge < -0.3 is 10.0 Å². The lowest BCUT2D eigenvalue weighted by molar-refractivity contribution is -0.138. The lowest BCUT2D eigenvalue weighted by Gasteiger charge is -2.24. The van der Waals surface area contributed by atoms with Crippen LogP contribution in [0.3, 0.4) is 0 Å². The maximum absolute atomic E-state index is 12.0. The smallest absolute Gasteiger partial charge is 0.231 e. The average Bonchev–Trinajstić information content (AvgIpc) is 3.03. The first-order valence-corrected chi connectivity index (χ1v) is 5.69. The van der Waals surface area contributed by atoms with Crippen LogP contribution in [-0.4, -0.2) is 35.6 Å². The molecule has 14 heavy (non-hydrogen) atoms. The average molecular weight is 197 g/mol. The summed E-state index contributed by atoms with van der Waals surface area (Å²) in [4.78, 5) is 14.0. The van der Waals surface area contributed by atoms with Crippen molar-refractivity contribution in [3.8, 4) is 0 Å². The fraction of sp³-hybridized carbons (Fsp3) is 0.909. The molecule has 0 aromatic heterocycles. The van der Waals surface area contributed by atoms with Crippen molar-refractivity contribution >= 4 is 5.91 Å². The van der Waals surface area contributed by atoms with Crippen LogP contribution in [0.25, 0.3) is 0 Å². The summed E-state index contributed by atoms with van der Waals surface area (Å²) < 4.78 is 0. The van der Waals surface area contributed by atoms with E-state index in [1.807, 2.05) is 4.90 Å². The molecule has 80 valence electrons. The third-order valence-electron chi connectivity index (χ3n) is 3.50. The first-order chi connectivity index (χ1) is 6.78. The maximum atomic E-state index is 12.0. The molecule has 1 aliphatic carbocycles. The highest BCUT2D eigenvalue weighted by Crippen LogP contribution is 2.46. The van der Waals surface area contributed by atoms with E-state index in [0.29, 0.717) is 0 Å². The molecule has 0 aromatic carbocycles. The Kier molecular flexibility index (Phi) is 2.77. The Balaban J connectivity index is 1.96. The standard InChI is InChI=1S/C11H19NO2/c13-9-11(5-6-11)10(14)12-7-3-1-2-4-8-12/h13H,1-9H2. The fourth-order valence-corrected chi connectivity index (χ4v) is 2.20. The summed E-state index contributed by atoms with van der Waals surface area (Å²) in [5.41, 5.74) is -0.357. The molecule has 1 saturated carbocycles. The molecule has 2 rings (SSSR count). The largest absolute Gasteiger partial charge is 0.395 e. The SMILES string of the molecule is O=C(N1CCCCCC1)C1(CO)CC1. The molecule has 3 heteroatoms. The molecule has 2 fully saturated rings. The van der Waals surface area contributed by atoms with E-state index in [9.17, 15) is 9.90 Å². The number of hydrogen-bond donors (Lipinski definition) is 1. The van der Waals surface area contributed by atoms with Crippen molar-refractivity contribution in [2.45, 2.75) is 38.5 Å². The lowest BCUT2D eigenvalue weighted by Crippen LogP contribution is -2.39. The fourth-order valence-electron chi connectivity index (χ4n) is 2.20. The van der Waals surface area contributed by atoms with Gasteiger partial charge in [-0.2, -0.15) is 0 Å². The number of nitrogens with zero attached hydrogens (tertiary/aromatic N) is 1. The van der Waals surface area contributed by atoms with Crippen molar-refractivity contribution in [2.24, 2.45) is 5.41 Å². The van der Waals surface area contributed by atoms with Crippen LogP contribution >= 0.6 is 0 Å². The second-order valence-electron chi connectivity index (χ2n) is 4.64. The molecule has 1 heterocycles. The summed E-state index contributed by atoms with van der Waals surface area (Å²) in [7, 11) is 0. The molecule has 3 nitrogen and oxygen atoms in total. The second kappa shape index (κ2) is 3.89. The number of hydrogen-bond acceptors (Lipinski definition) is 2. The van der Waals surface area contributed by atoms with E-state index in [4.69, 9.17) is 0 Å². The summed E-state index contributed by atoms with van der Waals surface area (Å²) in [5.74, 6) is 0.210. The van der Waals surface area contributed by atoms with Crippen molar-refractivity contribution in [3.63, 3.8) is 0 Å². The minimum absolute atomic E-state index is 0.0440. The molecule has 2 aliphatic rings. The molecular formula is C11H19NO2. The quantitative estimate of drug-likeness (QED) is 0.721. The van der Waals surface area contributed by atoms with Gasteiger partial charge in [-0.3, -0.25) is 4.79 Å². The van der Waals surface area contributed by atoms with Crippen molar-refractivity contribution in [3.05, 3.63) is 0 Å². The topological polar surface area (TPSA) is 40.5 Å². The van der Waals surface area contributed by atoms with Gasteiger partial charge in [0.05, 0.1) is 12.0 Å². The molecule has 0 aromatic rings. The van der Waals surface area contributed by atoms with Crippen LogP contribution < -0.4 is 0 Å². The van der Waals surface area contributed by atoms with Gasteiger partial charge in [-0.05, 0) is 25.7 Å². The van der Waals surface area contributed by atoms with E-state index < -0.39 is 0 Å². The number of carbonyl (C=O) groups excluding carboxylic acids is 1. The van der Waals surface area contributed by atoms with Crippen LogP contribution in [0.5, 0.6) is 0 Å². The van der Waals surface area contributed by atoms with Crippen LogP contribution in [0.2, 0.25) is 0 Å². The summed E-state index contributed by atoms with van der Waals surface area (Å²) in [6.07, 6.45) is 6.53. The van der Waals surface area contributed by atoms with E-state index in [1.165, 1.54) is 12.8 Å². The molecule has 1 N–H and O–H groups in total. The Bertz CT molecular complexity index is 215. The Morgan fingerprint density at radius 3 is 2.14 bits per heavy atom. The van der Waals surface area contributed by atoms with Crippen LogP contribution in [-0.2, 0) is 4.79 Å². The highest BCUT2D eigenvalue weighted by Gasteiger charge is 2.51. The van der Waals surface area contributed by atoms with Gasteiger partial charge in [0.15, 0.2) is 0 Å². The van der Waals surface area contributed by atoms with Gasteiger partial charge in [-0.25, -0.2) is 0 Å². The number of amides is 1. The van der Waals surface area contributed by atoms with Gasteiger partial charge in [0.1, 0.15) is 0 Å². The third kappa shape index (κ3) is 1.78. The first-order valence-electron chi connectivity index (χ1n) is 5.69. The molecule has 0 unspecified atom stereocenters. The zero-order valence-corrected chi connectivity index (χ0v) is 8.67. The minimum Gasteiger partial charge on any atom is -0.395 e. The summed E-state index contributed by atoms with van der Waals surface area (Å²) in [6, 6.07) is 0. The van der Waals surface area contributed by atoms with Crippen LogP contribution in [0.15, 0.2) is 0 Å². The summed E-state index contributed by atoms with van der Waals surface area (Å²) in [5, 5.41) is 9.18. The molecule has 1 saturated heterocycles. The molecule has 1 aliphatic heterocycles. The van der Waals surface area contributed by atoms with Crippen LogP contribution in [0.4, 0.5) is 0 Å². The molecule has 0 atom stereocenters. The predicted octanol–water partition coefficient (Wildman–Crippen LogP) is 1.16. The Labute approximate surface area is 85.1 Å². The van der Waals surface area contributed by atoms with Crippen molar-refractivity contribution in [1.82, 2.24) is 4.90 Å². The molecule has 1 amide bonds. The Hall–Kier alpha value is -0.570. The van der Waals surface area contributed by atoms with Crippen LogP contribution in [0, 0.1) is 5.41 Å². The van der Waals surface area contributed by atoms with E-state index in [-0.39, 0.29) is 17.9 Å². The number of carbonyl (C=O) groups is 1. The number of aliphatic hydroxyl groups excluding tert-OH is 1. The Morgan fingerprint density at radius 2 is 1.71 bits per heavy atom. The highest BCUT2D eigenvalue weighted by molar-refractivity contribution is 5.85. The highest BCUT2D eigenvalue weighted by atomic mass is 16.3. The van der Waals surface area contributed by atoms with Gasteiger partial charge in [-0.1, -0.05) is 12.8 Å². The molecule has 0 spiro atoms. The van der Waals surface area contributed by atoms with Gasteiger partial charge >= 0.3 is 0 Å². The summed E-state index contributed by atoms with van der Waals surface area (Å²) in [6.45, 7) is 1.85. The number of likely N-dealkylation sites (tertiary alicyclic amines) is 1. The molecular weight excluding hydrogens is 178 g/mol. The van der Waals surface area contributed by atoms with E-state index in [0.717, 1.165) is 38.8 Å². The monoisotopic (exact) mass is 197 g/mol. The number of rotatable bonds is 2.